The molecule has 0 unspecified atom stereocenters. The van der Waals surface area contributed by atoms with Crippen molar-refractivity contribution in [1.29, 1.82) is 0 Å². The summed E-state index contributed by atoms with van der Waals surface area (Å²) in [6.45, 7) is 3.00. The Labute approximate surface area is 117 Å². The first-order chi connectivity index (χ1) is 9.26. The predicted octanol–water partition coefficient (Wildman–Crippen LogP) is 3.38. The van der Waals surface area contributed by atoms with Gasteiger partial charge < -0.3 is 10.1 Å². The van der Waals surface area contributed by atoms with Crippen molar-refractivity contribution in [2.75, 3.05) is 7.11 Å². The van der Waals surface area contributed by atoms with Gasteiger partial charge in [0.15, 0.2) is 0 Å². The van der Waals surface area contributed by atoms with E-state index in [9.17, 15) is 0 Å². The third-order valence-corrected chi connectivity index (χ3v) is 4.31. The Bertz CT molecular complexity index is 575. The number of rotatable bonds is 5. The zero-order chi connectivity index (χ0) is 13.2. The summed E-state index contributed by atoms with van der Waals surface area (Å²) < 4.78 is 5.45. The van der Waals surface area contributed by atoms with Gasteiger partial charge in [-0.2, -0.15) is 0 Å². The molecular weight excluding hydrogens is 256 g/mol. The van der Waals surface area contributed by atoms with Crippen LogP contribution in [-0.4, -0.2) is 18.1 Å². The fourth-order valence-corrected chi connectivity index (χ4v) is 2.91. The molecule has 4 heteroatoms. The van der Waals surface area contributed by atoms with E-state index >= 15 is 0 Å². The summed E-state index contributed by atoms with van der Waals surface area (Å²) >= 11 is 1.74. The lowest BCUT2D eigenvalue weighted by molar-refractivity contribution is 0.416. The van der Waals surface area contributed by atoms with Gasteiger partial charge in [0, 0.05) is 23.7 Å². The SMILES string of the molecule is COc1cc(C)ccc1-c1ncc(CNC2CC2)s1. The van der Waals surface area contributed by atoms with Crippen molar-refractivity contribution >= 4 is 11.3 Å². The maximum atomic E-state index is 5.45. The Morgan fingerprint density at radius 3 is 3.00 bits per heavy atom. The molecule has 3 rings (SSSR count). The number of nitrogens with one attached hydrogen (secondary N) is 1. The molecule has 0 spiro atoms. The zero-order valence-corrected chi connectivity index (χ0v) is 12.1. The van der Waals surface area contributed by atoms with Crippen LogP contribution in [0.3, 0.4) is 0 Å². The first-order valence-corrected chi connectivity index (χ1v) is 7.41. The molecule has 1 aromatic carbocycles. The predicted molar refractivity (Wildman–Crippen MR) is 78.7 cm³/mol. The molecule has 0 bridgehead atoms. The van der Waals surface area contributed by atoms with Crippen LogP contribution in [0.2, 0.25) is 0 Å². The van der Waals surface area contributed by atoms with Crippen molar-refractivity contribution in [1.82, 2.24) is 10.3 Å². The second-order valence-electron chi connectivity index (χ2n) is 4.99. The van der Waals surface area contributed by atoms with E-state index in [2.05, 4.69) is 35.4 Å². The van der Waals surface area contributed by atoms with E-state index in [1.165, 1.54) is 23.3 Å². The first-order valence-electron chi connectivity index (χ1n) is 6.59. The van der Waals surface area contributed by atoms with E-state index in [-0.39, 0.29) is 0 Å². The summed E-state index contributed by atoms with van der Waals surface area (Å²) in [5, 5.41) is 4.55. The molecule has 0 saturated heterocycles. The second-order valence-corrected chi connectivity index (χ2v) is 6.11. The Morgan fingerprint density at radius 1 is 1.42 bits per heavy atom. The van der Waals surface area contributed by atoms with Gasteiger partial charge in [-0.1, -0.05) is 6.07 Å². The lowest BCUT2D eigenvalue weighted by Crippen LogP contribution is -2.14. The van der Waals surface area contributed by atoms with Crippen LogP contribution in [0.1, 0.15) is 23.3 Å². The lowest BCUT2D eigenvalue weighted by atomic mass is 10.1. The number of aromatic nitrogens is 1. The zero-order valence-electron chi connectivity index (χ0n) is 11.3. The largest absolute Gasteiger partial charge is 0.496 e. The molecule has 0 aliphatic heterocycles. The molecule has 0 amide bonds. The molecule has 1 fully saturated rings. The van der Waals surface area contributed by atoms with Gasteiger partial charge in [0.2, 0.25) is 0 Å². The smallest absolute Gasteiger partial charge is 0.129 e. The molecule has 0 atom stereocenters. The van der Waals surface area contributed by atoms with Gasteiger partial charge in [0.25, 0.3) is 0 Å². The van der Waals surface area contributed by atoms with Gasteiger partial charge >= 0.3 is 0 Å². The van der Waals surface area contributed by atoms with Crippen molar-refractivity contribution in [3.05, 3.63) is 34.8 Å². The summed E-state index contributed by atoms with van der Waals surface area (Å²) in [7, 11) is 1.71. The quantitative estimate of drug-likeness (QED) is 0.907. The standard InChI is InChI=1S/C15H18N2OS/c1-10-3-6-13(14(7-10)18-2)15-17-9-12(19-15)8-16-11-4-5-11/h3,6-7,9,11,16H,4-5,8H2,1-2H3. The Balaban J connectivity index is 1.80. The highest BCUT2D eigenvalue weighted by atomic mass is 32.1. The topological polar surface area (TPSA) is 34.1 Å². The van der Waals surface area contributed by atoms with Crippen molar-refractivity contribution < 1.29 is 4.74 Å². The van der Waals surface area contributed by atoms with Gasteiger partial charge in [-0.15, -0.1) is 11.3 Å². The highest BCUT2D eigenvalue weighted by molar-refractivity contribution is 7.15. The van der Waals surface area contributed by atoms with Gasteiger partial charge in [-0.05, 0) is 37.5 Å². The van der Waals surface area contributed by atoms with E-state index in [0.29, 0.717) is 0 Å². The van der Waals surface area contributed by atoms with Gasteiger partial charge in [0.05, 0.1) is 12.7 Å². The number of methoxy groups -OCH3 is 1. The minimum atomic E-state index is 0.736. The number of hydrogen-bond donors (Lipinski definition) is 1. The van der Waals surface area contributed by atoms with E-state index in [1.54, 1.807) is 18.4 Å². The van der Waals surface area contributed by atoms with Crippen LogP contribution in [0.25, 0.3) is 10.6 Å². The number of nitrogens with zero attached hydrogens (tertiary/aromatic N) is 1. The molecule has 19 heavy (non-hydrogen) atoms. The van der Waals surface area contributed by atoms with E-state index in [1.807, 2.05) is 6.20 Å². The van der Waals surface area contributed by atoms with Gasteiger partial charge in [0.1, 0.15) is 10.8 Å². The van der Waals surface area contributed by atoms with Crippen molar-refractivity contribution in [2.24, 2.45) is 0 Å². The molecule has 0 radical (unpaired) electrons. The van der Waals surface area contributed by atoms with Crippen LogP contribution < -0.4 is 10.1 Å². The Morgan fingerprint density at radius 2 is 2.26 bits per heavy atom. The minimum absolute atomic E-state index is 0.736. The molecule has 1 N–H and O–H groups in total. The molecule has 3 nitrogen and oxygen atoms in total. The molecule has 1 aliphatic carbocycles. The highest BCUT2D eigenvalue weighted by Crippen LogP contribution is 2.33. The second kappa shape index (κ2) is 5.31. The van der Waals surface area contributed by atoms with Crippen LogP contribution in [0.15, 0.2) is 24.4 Å². The Hall–Kier alpha value is -1.39. The Kier molecular flexibility index (Phi) is 3.53. The van der Waals surface area contributed by atoms with E-state index in [0.717, 1.165) is 28.9 Å². The summed E-state index contributed by atoms with van der Waals surface area (Å²) in [5.74, 6) is 0.899. The normalized spacial score (nSPS) is 14.6. The summed E-state index contributed by atoms with van der Waals surface area (Å²) in [6.07, 6.45) is 4.60. The maximum Gasteiger partial charge on any atom is 0.129 e. The number of hydrogen-bond acceptors (Lipinski definition) is 4. The summed E-state index contributed by atoms with van der Waals surface area (Å²) in [5.41, 5.74) is 2.28. The van der Waals surface area contributed by atoms with Gasteiger partial charge in [-0.25, -0.2) is 4.98 Å². The molecular formula is C15H18N2OS. The minimum Gasteiger partial charge on any atom is -0.496 e. The maximum absolute atomic E-state index is 5.45. The molecule has 2 aromatic rings. The lowest BCUT2D eigenvalue weighted by Gasteiger charge is -2.06. The van der Waals surface area contributed by atoms with Crippen LogP contribution in [0, 0.1) is 6.92 Å². The first kappa shape index (κ1) is 12.6. The molecule has 100 valence electrons. The fourth-order valence-electron chi connectivity index (χ4n) is 2.02. The number of aryl methyl sites for hydroxylation is 1. The monoisotopic (exact) mass is 274 g/mol. The molecule has 1 heterocycles. The molecule has 1 saturated carbocycles. The van der Waals surface area contributed by atoms with Crippen LogP contribution >= 0.6 is 11.3 Å². The van der Waals surface area contributed by atoms with Gasteiger partial charge in [-0.3, -0.25) is 0 Å². The van der Waals surface area contributed by atoms with Crippen LogP contribution in [-0.2, 0) is 6.54 Å². The van der Waals surface area contributed by atoms with Crippen LogP contribution in [0.4, 0.5) is 0 Å². The van der Waals surface area contributed by atoms with E-state index in [4.69, 9.17) is 4.74 Å². The number of benzene rings is 1. The third kappa shape index (κ3) is 2.96. The summed E-state index contributed by atoms with van der Waals surface area (Å²) in [4.78, 5) is 5.80. The van der Waals surface area contributed by atoms with Crippen molar-refractivity contribution in [3.8, 4) is 16.3 Å². The third-order valence-electron chi connectivity index (χ3n) is 3.28. The average molecular weight is 274 g/mol. The number of thiazole rings is 1. The number of ether oxygens (including phenoxy) is 1. The van der Waals surface area contributed by atoms with E-state index < -0.39 is 0 Å². The molecule has 1 aromatic heterocycles. The summed E-state index contributed by atoms with van der Waals surface area (Å²) in [6, 6.07) is 6.98. The van der Waals surface area contributed by atoms with Crippen molar-refractivity contribution in [3.63, 3.8) is 0 Å². The molecule has 1 aliphatic rings. The van der Waals surface area contributed by atoms with Crippen LogP contribution in [0.5, 0.6) is 5.75 Å². The highest BCUT2D eigenvalue weighted by Gasteiger charge is 2.20. The fraction of sp³-hybridized carbons (Fsp3) is 0.400. The average Bonchev–Trinajstić information content (AvgIpc) is 3.14. The van der Waals surface area contributed by atoms with Crippen molar-refractivity contribution in [2.45, 2.75) is 32.4 Å².